The lowest BCUT2D eigenvalue weighted by molar-refractivity contribution is 0.0961. The van der Waals surface area contributed by atoms with Gasteiger partial charge in [-0.1, -0.05) is 76.7 Å². The van der Waals surface area contributed by atoms with Crippen LogP contribution in [-0.2, 0) is 0 Å². The first-order valence-electron chi connectivity index (χ1n) is 13.7. The lowest BCUT2D eigenvalue weighted by Gasteiger charge is -2.29. The predicted molar refractivity (Wildman–Crippen MR) is 174 cm³/mol. The van der Waals surface area contributed by atoms with Gasteiger partial charge in [-0.05, 0) is 49.8 Å². The van der Waals surface area contributed by atoms with Crippen LogP contribution in [0, 0.1) is 11.8 Å². The number of allylic oxidation sites excluding steroid dienone is 8. The van der Waals surface area contributed by atoms with Crippen molar-refractivity contribution in [2.75, 3.05) is 14.2 Å². The molecule has 4 nitrogen and oxygen atoms in total. The number of rotatable bonds is 2. The molecular formula is C36H20Br2O4. The van der Waals surface area contributed by atoms with E-state index in [0.29, 0.717) is 22.6 Å². The monoisotopic (exact) mass is 674 g/mol. The molecular weight excluding hydrogens is 656 g/mol. The van der Waals surface area contributed by atoms with Crippen molar-refractivity contribution < 1.29 is 19.1 Å². The number of carbonyl (C=O) groups excluding carboxylic acids is 2. The van der Waals surface area contributed by atoms with E-state index < -0.39 is 0 Å². The number of halogens is 2. The van der Waals surface area contributed by atoms with E-state index in [4.69, 9.17) is 9.47 Å². The Morgan fingerprint density at radius 1 is 0.667 bits per heavy atom. The summed E-state index contributed by atoms with van der Waals surface area (Å²) < 4.78 is 14.0. The van der Waals surface area contributed by atoms with Crippen LogP contribution in [0.3, 0.4) is 0 Å². The lowest BCUT2D eigenvalue weighted by Crippen LogP contribution is -2.29. The number of hydrogen-bond donors (Lipinski definition) is 0. The first-order chi connectivity index (χ1) is 20.5. The molecule has 4 aliphatic carbocycles. The van der Waals surface area contributed by atoms with Crippen molar-refractivity contribution in [1.82, 2.24) is 0 Å². The Kier molecular flexibility index (Phi) is 4.86. The van der Waals surface area contributed by atoms with Gasteiger partial charge in [0.05, 0.1) is 30.5 Å². The van der Waals surface area contributed by atoms with Gasteiger partial charge in [0.1, 0.15) is 11.5 Å². The fourth-order valence-electron chi connectivity index (χ4n) is 7.73. The highest BCUT2D eigenvalue weighted by atomic mass is 79.9. The zero-order valence-electron chi connectivity index (χ0n) is 22.5. The van der Waals surface area contributed by atoms with Crippen molar-refractivity contribution in [2.45, 2.75) is 0 Å². The largest absolute Gasteiger partial charge is 0.496 e. The number of fused-ring (bicyclic) bond motifs is 4. The zero-order chi connectivity index (χ0) is 28.6. The molecule has 0 saturated heterocycles. The molecule has 5 aromatic carbocycles. The van der Waals surface area contributed by atoms with Crippen LogP contribution in [0.2, 0.25) is 0 Å². The Bertz CT molecular complexity index is 2440. The van der Waals surface area contributed by atoms with Gasteiger partial charge >= 0.3 is 0 Å². The number of Topliss-reactive ketones (excluding diaryl/α,β-unsaturated/α-hetero) is 2. The maximum Gasteiger partial charge on any atom is 0.174 e. The highest BCUT2D eigenvalue weighted by molar-refractivity contribution is 9.11. The second kappa shape index (κ2) is 8.30. The summed E-state index contributed by atoms with van der Waals surface area (Å²) in [7, 11) is 3.36. The third kappa shape index (κ3) is 2.73. The molecule has 42 heavy (non-hydrogen) atoms. The SMILES string of the molecule is COc1c(Br)c2c3c(ccc4c5c(Br)cc6c7c(cc(OC)c(c1c34)c75)=C1C=CC=CC1C6=O)C(=O)C1C=CC=CC=21. The zero-order valence-corrected chi connectivity index (χ0v) is 25.6. The Hall–Kier alpha value is -4.00. The number of ether oxygens (including phenoxy) is 2. The van der Waals surface area contributed by atoms with E-state index in [0.717, 1.165) is 73.6 Å². The van der Waals surface area contributed by atoms with Crippen LogP contribution in [0.25, 0.3) is 54.2 Å². The minimum Gasteiger partial charge on any atom is -0.496 e. The summed E-state index contributed by atoms with van der Waals surface area (Å²) in [4.78, 5) is 27.9. The molecule has 0 heterocycles. The third-order valence-electron chi connectivity index (χ3n) is 9.36. The number of ketones is 2. The van der Waals surface area contributed by atoms with Gasteiger partial charge < -0.3 is 9.47 Å². The molecule has 202 valence electrons. The van der Waals surface area contributed by atoms with Crippen LogP contribution < -0.4 is 19.9 Å². The maximum absolute atomic E-state index is 13.9. The quantitative estimate of drug-likeness (QED) is 0.144. The van der Waals surface area contributed by atoms with Gasteiger partial charge in [0.15, 0.2) is 11.6 Å². The average Bonchev–Trinajstić information content (AvgIpc) is 3.02. The minimum atomic E-state index is -0.347. The highest BCUT2D eigenvalue weighted by Crippen LogP contribution is 2.52. The van der Waals surface area contributed by atoms with Crippen molar-refractivity contribution in [1.29, 1.82) is 0 Å². The number of methoxy groups -OCH3 is 2. The third-order valence-corrected chi connectivity index (χ3v) is 10.7. The van der Waals surface area contributed by atoms with E-state index in [1.165, 1.54) is 0 Å². The smallest absolute Gasteiger partial charge is 0.174 e. The van der Waals surface area contributed by atoms with Crippen molar-refractivity contribution >= 4 is 97.7 Å². The number of hydrogen-bond acceptors (Lipinski definition) is 4. The van der Waals surface area contributed by atoms with Gasteiger partial charge in [-0.15, -0.1) is 0 Å². The molecule has 6 heteroatoms. The van der Waals surface area contributed by atoms with Crippen molar-refractivity contribution in [3.63, 3.8) is 0 Å². The molecule has 0 aromatic heterocycles. The van der Waals surface area contributed by atoms with Gasteiger partial charge in [0, 0.05) is 58.5 Å². The average molecular weight is 676 g/mol. The van der Waals surface area contributed by atoms with Gasteiger partial charge in [-0.3, -0.25) is 9.59 Å². The van der Waals surface area contributed by atoms with Crippen LogP contribution in [0.4, 0.5) is 0 Å². The Morgan fingerprint density at radius 3 is 2.12 bits per heavy atom. The van der Waals surface area contributed by atoms with Gasteiger partial charge in [-0.25, -0.2) is 0 Å². The summed E-state index contributed by atoms with van der Waals surface area (Å²) in [6.45, 7) is 0. The summed E-state index contributed by atoms with van der Waals surface area (Å²) >= 11 is 7.82. The minimum absolute atomic E-state index is 0.0795. The summed E-state index contributed by atoms with van der Waals surface area (Å²) in [6, 6.07) is 8.05. The fourth-order valence-corrected chi connectivity index (χ4v) is 9.16. The van der Waals surface area contributed by atoms with Crippen LogP contribution in [-0.4, -0.2) is 25.8 Å². The molecule has 9 rings (SSSR count). The molecule has 0 fully saturated rings. The van der Waals surface area contributed by atoms with Crippen molar-refractivity contribution in [3.8, 4) is 11.5 Å². The number of benzene rings is 5. The first-order valence-corrected chi connectivity index (χ1v) is 15.3. The summed E-state index contributed by atoms with van der Waals surface area (Å²) in [6.07, 6.45) is 15.8. The first kappa shape index (κ1) is 24.6. The second-order valence-corrected chi connectivity index (χ2v) is 12.8. The van der Waals surface area contributed by atoms with Gasteiger partial charge in [-0.2, -0.15) is 0 Å². The van der Waals surface area contributed by atoms with Gasteiger partial charge in [0.25, 0.3) is 0 Å². The van der Waals surface area contributed by atoms with E-state index in [1.54, 1.807) is 14.2 Å². The van der Waals surface area contributed by atoms with E-state index in [1.807, 2.05) is 60.7 Å². The van der Waals surface area contributed by atoms with E-state index in [9.17, 15) is 9.59 Å². The molecule has 0 spiro atoms. The van der Waals surface area contributed by atoms with Gasteiger partial charge in [0.2, 0.25) is 0 Å². The summed E-state index contributed by atoms with van der Waals surface area (Å²) in [5, 5.41) is 9.40. The summed E-state index contributed by atoms with van der Waals surface area (Å²) in [5.41, 5.74) is 3.31. The van der Waals surface area contributed by atoms with E-state index in [-0.39, 0.29) is 23.4 Å². The van der Waals surface area contributed by atoms with Crippen LogP contribution in [0.5, 0.6) is 11.5 Å². The van der Waals surface area contributed by atoms with Crippen LogP contribution >= 0.6 is 31.9 Å². The Balaban J connectivity index is 1.67. The molecule has 0 aliphatic heterocycles. The van der Waals surface area contributed by atoms with Crippen molar-refractivity contribution in [3.05, 3.63) is 103 Å². The van der Waals surface area contributed by atoms with Crippen LogP contribution in [0.1, 0.15) is 20.7 Å². The molecule has 2 unspecified atom stereocenters. The topological polar surface area (TPSA) is 52.6 Å². The molecule has 2 atom stereocenters. The molecule has 0 bridgehead atoms. The fraction of sp³-hybridized carbons (Fsp3) is 0.111. The van der Waals surface area contributed by atoms with Crippen LogP contribution in [0.15, 0.2) is 81.8 Å². The second-order valence-electron chi connectivity index (χ2n) is 11.1. The van der Waals surface area contributed by atoms with E-state index in [2.05, 4.69) is 44.0 Å². The number of carbonyl (C=O) groups is 2. The molecule has 0 radical (unpaired) electrons. The molecule has 0 saturated carbocycles. The normalized spacial score (nSPS) is 20.0. The lowest BCUT2D eigenvalue weighted by atomic mass is 9.75. The van der Waals surface area contributed by atoms with Crippen molar-refractivity contribution in [2.24, 2.45) is 11.8 Å². The van der Waals surface area contributed by atoms with E-state index >= 15 is 0 Å². The molecule has 4 aliphatic rings. The summed E-state index contributed by atoms with van der Waals surface area (Å²) in [5.74, 6) is 0.845. The standard InChI is InChI=1S/C36H20Br2O4/c1-41-24-14-21-15-7-3-5-9-17(15)35(40)22-13-23(37)26-19-11-12-20-28-27(19)32(30(24)31(26)25(21)22)36(42-2)33(38)29(28)16-8-4-6-10-18(16)34(20)39/h3-14,17-18H,1-2H3. The Morgan fingerprint density at radius 2 is 1.38 bits per heavy atom. The Labute approximate surface area is 256 Å². The predicted octanol–water partition coefficient (Wildman–Crippen LogP) is 7.46. The molecule has 0 amide bonds. The highest BCUT2D eigenvalue weighted by Gasteiger charge is 2.36. The molecule has 5 aromatic rings. The molecule has 0 N–H and O–H groups in total. The maximum atomic E-state index is 13.9.